The number of rotatable bonds is 8. The Hall–Kier alpha value is -4.02. The zero-order chi connectivity index (χ0) is 27.5. The van der Waals surface area contributed by atoms with Crippen molar-refractivity contribution in [3.05, 3.63) is 95.9 Å². The van der Waals surface area contributed by atoms with Crippen molar-refractivity contribution in [1.82, 2.24) is 9.71 Å². The fourth-order valence-electron chi connectivity index (χ4n) is 3.84. The largest absolute Gasteiger partial charge is 0.459 e. The molecule has 0 unspecified atom stereocenters. The van der Waals surface area contributed by atoms with Gasteiger partial charge in [0.05, 0.1) is 4.90 Å². The highest BCUT2D eigenvalue weighted by molar-refractivity contribution is 7.89. The Morgan fingerprint density at radius 3 is 2.29 bits per heavy atom. The lowest BCUT2D eigenvalue weighted by Crippen LogP contribution is -2.45. The molecule has 0 aliphatic heterocycles. The van der Waals surface area contributed by atoms with Crippen LogP contribution in [-0.4, -0.2) is 36.9 Å². The van der Waals surface area contributed by atoms with Gasteiger partial charge in [-0.2, -0.15) is 4.72 Å². The first-order chi connectivity index (χ1) is 17.9. The number of hydrogen-bond donors (Lipinski definition) is 3. The highest BCUT2D eigenvalue weighted by Crippen LogP contribution is 2.22. The van der Waals surface area contributed by atoms with E-state index in [1.807, 2.05) is 24.3 Å². The van der Waals surface area contributed by atoms with Gasteiger partial charge in [-0.15, -0.1) is 0 Å². The molecule has 0 spiro atoms. The lowest BCUT2D eigenvalue weighted by atomic mass is 10.1. The number of nitrogens with one attached hydrogen (secondary N) is 3. The molecule has 4 rings (SSSR count). The van der Waals surface area contributed by atoms with Crippen molar-refractivity contribution in [3.8, 4) is 0 Å². The van der Waals surface area contributed by atoms with Gasteiger partial charge >= 0.3 is 5.97 Å². The normalized spacial score (nSPS) is 12.7. The zero-order valence-electron chi connectivity index (χ0n) is 21.1. The van der Waals surface area contributed by atoms with E-state index in [0.29, 0.717) is 5.69 Å². The van der Waals surface area contributed by atoms with Gasteiger partial charge in [-0.1, -0.05) is 18.2 Å². The third kappa shape index (κ3) is 6.64. The molecule has 1 amide bonds. The van der Waals surface area contributed by atoms with Gasteiger partial charge < -0.3 is 15.0 Å². The predicted molar refractivity (Wildman–Crippen MR) is 143 cm³/mol. The first-order valence-electron chi connectivity index (χ1n) is 11.9. The molecule has 1 heterocycles. The number of para-hydroxylation sites is 1. The van der Waals surface area contributed by atoms with Gasteiger partial charge in [0.1, 0.15) is 17.5 Å². The fraction of sp³-hybridized carbons (Fsp3) is 0.214. The number of amides is 1. The van der Waals surface area contributed by atoms with E-state index in [-0.39, 0.29) is 16.9 Å². The molecule has 38 heavy (non-hydrogen) atoms. The van der Waals surface area contributed by atoms with Gasteiger partial charge in [-0.05, 0) is 80.9 Å². The molecular formula is C28H28FN3O5S. The number of esters is 1. The molecule has 0 bridgehead atoms. The highest BCUT2D eigenvalue weighted by Gasteiger charge is 2.31. The molecule has 0 fully saturated rings. The minimum atomic E-state index is -4.13. The Bertz CT molecular complexity index is 1560. The summed E-state index contributed by atoms with van der Waals surface area (Å²) in [4.78, 5) is 28.4. The number of aromatic nitrogens is 1. The lowest BCUT2D eigenvalue weighted by molar-refractivity contribution is -0.156. The van der Waals surface area contributed by atoms with E-state index in [9.17, 15) is 22.4 Å². The van der Waals surface area contributed by atoms with Gasteiger partial charge in [-0.3, -0.25) is 9.59 Å². The van der Waals surface area contributed by atoms with Crippen LogP contribution in [0.15, 0.2) is 83.9 Å². The van der Waals surface area contributed by atoms with Gasteiger partial charge in [0.2, 0.25) is 10.0 Å². The average Bonchev–Trinajstić information content (AvgIpc) is 3.26. The van der Waals surface area contributed by atoms with Gasteiger partial charge in [-0.25, -0.2) is 12.8 Å². The molecule has 1 aromatic heterocycles. The van der Waals surface area contributed by atoms with Crippen molar-refractivity contribution in [2.45, 2.75) is 43.7 Å². The first-order valence-corrected chi connectivity index (χ1v) is 13.4. The number of carbonyl (C=O) groups is 2. The Morgan fingerprint density at radius 1 is 0.974 bits per heavy atom. The second-order valence-corrected chi connectivity index (χ2v) is 11.5. The summed E-state index contributed by atoms with van der Waals surface area (Å²) in [5.41, 5.74) is 1.42. The number of H-pyrrole nitrogens is 1. The molecule has 0 saturated heterocycles. The van der Waals surface area contributed by atoms with E-state index in [0.717, 1.165) is 16.5 Å². The fourth-order valence-corrected chi connectivity index (χ4v) is 5.03. The number of carbonyl (C=O) groups excluding carboxylic acids is 2. The monoisotopic (exact) mass is 537 g/mol. The van der Waals surface area contributed by atoms with Crippen molar-refractivity contribution in [3.63, 3.8) is 0 Å². The zero-order valence-corrected chi connectivity index (χ0v) is 21.9. The van der Waals surface area contributed by atoms with E-state index >= 15 is 0 Å². The van der Waals surface area contributed by atoms with Crippen LogP contribution in [0.25, 0.3) is 10.9 Å². The Balaban J connectivity index is 1.53. The van der Waals surface area contributed by atoms with Crippen LogP contribution in [-0.2, 0) is 26.0 Å². The van der Waals surface area contributed by atoms with Crippen LogP contribution in [0.4, 0.5) is 10.1 Å². The number of benzene rings is 3. The molecule has 1 atom stereocenters. The van der Waals surface area contributed by atoms with Crippen LogP contribution in [0.2, 0.25) is 0 Å². The second kappa shape index (κ2) is 10.8. The maximum atomic E-state index is 13.2. The lowest BCUT2D eigenvalue weighted by Gasteiger charge is -2.24. The quantitative estimate of drug-likeness (QED) is 0.280. The van der Waals surface area contributed by atoms with Crippen LogP contribution >= 0.6 is 0 Å². The van der Waals surface area contributed by atoms with Gasteiger partial charge in [0.25, 0.3) is 5.91 Å². The van der Waals surface area contributed by atoms with Crippen molar-refractivity contribution in [1.29, 1.82) is 0 Å². The van der Waals surface area contributed by atoms with E-state index in [2.05, 4.69) is 15.0 Å². The minimum absolute atomic E-state index is 0.0734. The Labute approximate surface area is 220 Å². The van der Waals surface area contributed by atoms with Gasteiger partial charge in [0.15, 0.2) is 0 Å². The number of aromatic amines is 1. The predicted octanol–water partition coefficient (Wildman–Crippen LogP) is 4.79. The molecule has 3 N–H and O–H groups in total. The van der Waals surface area contributed by atoms with Crippen molar-refractivity contribution in [2.75, 3.05) is 5.32 Å². The van der Waals surface area contributed by atoms with E-state index in [4.69, 9.17) is 4.74 Å². The number of anilines is 1. The molecule has 3 aromatic carbocycles. The summed E-state index contributed by atoms with van der Waals surface area (Å²) in [7, 11) is -4.13. The standard InChI is InChI=1S/C28H28FN3O5S/c1-28(2,3)37-27(34)25(16-19-17-30-24-7-5-4-6-23(19)24)32-38(35,36)22-14-12-21(13-15-22)31-26(33)18-8-10-20(29)11-9-18/h4-15,17,25,30,32H,16H2,1-3H3,(H,31,33)/t25-/m1/s1. The first kappa shape index (κ1) is 27.0. The second-order valence-electron chi connectivity index (χ2n) is 9.76. The van der Waals surface area contributed by atoms with Crippen molar-refractivity contribution in [2.24, 2.45) is 0 Å². The van der Waals surface area contributed by atoms with Crippen molar-refractivity contribution < 1.29 is 27.1 Å². The van der Waals surface area contributed by atoms with E-state index in [1.165, 1.54) is 48.5 Å². The highest BCUT2D eigenvalue weighted by atomic mass is 32.2. The summed E-state index contributed by atoms with van der Waals surface area (Å²) in [6, 6.07) is 16.9. The molecule has 10 heteroatoms. The third-order valence-corrected chi connectivity index (χ3v) is 7.10. The Kier molecular flexibility index (Phi) is 7.66. The molecule has 198 valence electrons. The summed E-state index contributed by atoms with van der Waals surface area (Å²) in [5.74, 6) is -1.63. The average molecular weight is 538 g/mol. The summed E-state index contributed by atoms with van der Waals surface area (Å²) < 4.78 is 47.6. The molecule has 0 radical (unpaired) electrons. The maximum absolute atomic E-state index is 13.2. The Morgan fingerprint density at radius 2 is 1.63 bits per heavy atom. The van der Waals surface area contributed by atoms with E-state index < -0.39 is 39.4 Å². The topological polar surface area (TPSA) is 117 Å². The maximum Gasteiger partial charge on any atom is 0.325 e. The molecule has 4 aromatic rings. The minimum Gasteiger partial charge on any atom is -0.459 e. The molecule has 0 aliphatic carbocycles. The number of hydrogen-bond acceptors (Lipinski definition) is 5. The smallest absolute Gasteiger partial charge is 0.325 e. The number of halogens is 1. The van der Waals surface area contributed by atoms with Crippen LogP contribution in [0.1, 0.15) is 36.7 Å². The van der Waals surface area contributed by atoms with Crippen LogP contribution in [0.3, 0.4) is 0 Å². The number of sulfonamides is 1. The molecule has 8 nitrogen and oxygen atoms in total. The van der Waals surface area contributed by atoms with Crippen molar-refractivity contribution >= 4 is 38.5 Å². The van der Waals surface area contributed by atoms with Crippen LogP contribution < -0.4 is 10.0 Å². The molecule has 0 saturated carbocycles. The van der Waals surface area contributed by atoms with Crippen LogP contribution in [0, 0.1) is 5.82 Å². The summed E-state index contributed by atoms with van der Waals surface area (Å²) in [6.07, 6.45) is 1.82. The van der Waals surface area contributed by atoms with E-state index in [1.54, 1.807) is 27.0 Å². The third-order valence-electron chi connectivity index (χ3n) is 5.62. The number of fused-ring (bicyclic) bond motifs is 1. The molecule has 0 aliphatic rings. The van der Waals surface area contributed by atoms with Crippen LogP contribution in [0.5, 0.6) is 0 Å². The SMILES string of the molecule is CC(C)(C)OC(=O)[C@@H](Cc1c[nH]c2ccccc12)NS(=O)(=O)c1ccc(NC(=O)c2ccc(F)cc2)cc1. The summed E-state index contributed by atoms with van der Waals surface area (Å²) in [5, 5.41) is 3.51. The summed E-state index contributed by atoms with van der Waals surface area (Å²) >= 11 is 0. The summed E-state index contributed by atoms with van der Waals surface area (Å²) in [6.45, 7) is 5.13. The molecular weight excluding hydrogens is 509 g/mol. The van der Waals surface area contributed by atoms with Gasteiger partial charge in [0, 0.05) is 34.8 Å². The number of ether oxygens (including phenoxy) is 1.